The van der Waals surface area contributed by atoms with Crippen LogP contribution in [0.4, 0.5) is 0 Å². The average molecular weight is 300 g/mol. The molecule has 3 rings (SSSR count). The van der Waals surface area contributed by atoms with Gasteiger partial charge in [-0.25, -0.2) is 4.79 Å². The summed E-state index contributed by atoms with van der Waals surface area (Å²) in [4.78, 5) is 10.7. The van der Waals surface area contributed by atoms with Crippen molar-refractivity contribution in [3.63, 3.8) is 0 Å². The summed E-state index contributed by atoms with van der Waals surface area (Å²) in [6.45, 7) is 0.232. The van der Waals surface area contributed by atoms with Crippen molar-refractivity contribution in [2.24, 2.45) is 0 Å². The molecule has 1 fully saturated rings. The van der Waals surface area contributed by atoms with Gasteiger partial charge in [0.05, 0.1) is 0 Å². The molecule has 1 aromatic carbocycles. The third-order valence-electron chi connectivity index (χ3n) is 4.21. The van der Waals surface area contributed by atoms with Gasteiger partial charge in [-0.3, -0.25) is 0 Å². The van der Waals surface area contributed by atoms with Gasteiger partial charge in [-0.05, 0) is 48.6 Å². The van der Waals surface area contributed by atoms with E-state index in [9.17, 15) is 4.79 Å². The molecule has 22 heavy (non-hydrogen) atoms. The number of aromatic carboxylic acids is 1. The largest absolute Gasteiger partial charge is 0.486 e. The molecule has 0 atom stereocenters. The first-order chi connectivity index (χ1) is 10.7. The smallest absolute Gasteiger partial charge is 0.371 e. The molecule has 0 saturated heterocycles. The number of hydrogen-bond donors (Lipinski definition) is 1. The first-order valence-corrected chi connectivity index (χ1v) is 7.77. The number of ether oxygens (including phenoxy) is 1. The molecule has 1 saturated carbocycles. The quantitative estimate of drug-likeness (QED) is 0.876. The SMILES string of the molecule is O=C(O)c1ccc(COc2ccc(C3CCCCC3)cc2)o1. The summed E-state index contributed by atoms with van der Waals surface area (Å²) in [6.07, 6.45) is 6.58. The average Bonchev–Trinajstić information content (AvgIpc) is 3.04. The summed E-state index contributed by atoms with van der Waals surface area (Å²) in [5.74, 6) is 0.835. The number of benzene rings is 1. The van der Waals surface area contributed by atoms with Crippen LogP contribution >= 0.6 is 0 Å². The zero-order valence-corrected chi connectivity index (χ0v) is 12.5. The van der Waals surface area contributed by atoms with E-state index in [2.05, 4.69) is 12.1 Å². The lowest BCUT2D eigenvalue weighted by Gasteiger charge is -2.22. The maximum atomic E-state index is 10.7. The minimum absolute atomic E-state index is 0.0637. The maximum absolute atomic E-state index is 10.7. The van der Waals surface area contributed by atoms with Gasteiger partial charge in [0, 0.05) is 0 Å². The van der Waals surface area contributed by atoms with Crippen molar-refractivity contribution < 1.29 is 19.1 Å². The van der Waals surface area contributed by atoms with Gasteiger partial charge in [-0.15, -0.1) is 0 Å². The predicted octanol–water partition coefficient (Wildman–Crippen LogP) is 4.60. The predicted molar refractivity (Wildman–Crippen MR) is 82.3 cm³/mol. The fraction of sp³-hybridized carbons (Fsp3) is 0.389. The summed E-state index contributed by atoms with van der Waals surface area (Å²) in [6, 6.07) is 11.3. The topological polar surface area (TPSA) is 59.7 Å². The lowest BCUT2D eigenvalue weighted by molar-refractivity contribution is 0.0658. The second kappa shape index (κ2) is 6.69. The van der Waals surface area contributed by atoms with Crippen molar-refractivity contribution in [2.75, 3.05) is 0 Å². The molecule has 116 valence electrons. The fourth-order valence-electron chi connectivity index (χ4n) is 3.00. The van der Waals surface area contributed by atoms with Crippen molar-refractivity contribution in [3.8, 4) is 5.75 Å². The van der Waals surface area contributed by atoms with Gasteiger partial charge in [0.15, 0.2) is 0 Å². The third kappa shape index (κ3) is 3.50. The van der Waals surface area contributed by atoms with Crippen LogP contribution in [-0.2, 0) is 6.61 Å². The lowest BCUT2D eigenvalue weighted by atomic mass is 9.84. The Kier molecular flexibility index (Phi) is 4.47. The molecule has 1 aliphatic carbocycles. The van der Waals surface area contributed by atoms with E-state index in [4.69, 9.17) is 14.3 Å². The van der Waals surface area contributed by atoms with E-state index in [-0.39, 0.29) is 12.4 Å². The summed E-state index contributed by atoms with van der Waals surface area (Å²) >= 11 is 0. The molecule has 1 N–H and O–H groups in total. The van der Waals surface area contributed by atoms with E-state index in [1.165, 1.54) is 43.7 Å². The number of carboxylic acid groups (broad SMARTS) is 1. The van der Waals surface area contributed by atoms with Crippen molar-refractivity contribution >= 4 is 5.97 Å². The number of rotatable bonds is 5. The van der Waals surface area contributed by atoms with Crippen LogP contribution in [0.3, 0.4) is 0 Å². The Morgan fingerprint density at radius 1 is 1.09 bits per heavy atom. The minimum atomic E-state index is -1.07. The van der Waals surface area contributed by atoms with Crippen LogP contribution in [0.5, 0.6) is 5.75 Å². The van der Waals surface area contributed by atoms with Crippen molar-refractivity contribution in [1.82, 2.24) is 0 Å². The van der Waals surface area contributed by atoms with E-state index in [0.717, 1.165) is 5.75 Å². The molecule has 0 unspecified atom stereocenters. The van der Waals surface area contributed by atoms with Crippen LogP contribution in [-0.4, -0.2) is 11.1 Å². The van der Waals surface area contributed by atoms with E-state index in [0.29, 0.717) is 11.7 Å². The number of carboxylic acids is 1. The molecule has 4 heteroatoms. The molecule has 1 aromatic heterocycles. The van der Waals surface area contributed by atoms with E-state index in [1.807, 2.05) is 12.1 Å². The molecule has 1 aliphatic rings. The van der Waals surface area contributed by atoms with Crippen LogP contribution in [0.25, 0.3) is 0 Å². The molecule has 0 aliphatic heterocycles. The molecule has 0 radical (unpaired) electrons. The van der Waals surface area contributed by atoms with Gasteiger partial charge in [0.25, 0.3) is 0 Å². The molecule has 1 heterocycles. The highest BCUT2D eigenvalue weighted by Gasteiger charge is 2.15. The van der Waals surface area contributed by atoms with Crippen LogP contribution in [0, 0.1) is 0 Å². The second-order valence-corrected chi connectivity index (χ2v) is 5.76. The molecule has 0 bridgehead atoms. The Morgan fingerprint density at radius 2 is 1.82 bits per heavy atom. The Balaban J connectivity index is 1.57. The molecule has 4 nitrogen and oxygen atoms in total. The first kappa shape index (κ1) is 14.7. The third-order valence-corrected chi connectivity index (χ3v) is 4.21. The molecular weight excluding hydrogens is 280 g/mol. The van der Waals surface area contributed by atoms with Crippen LogP contribution in [0.2, 0.25) is 0 Å². The van der Waals surface area contributed by atoms with Crippen LogP contribution in [0.15, 0.2) is 40.8 Å². The van der Waals surface area contributed by atoms with E-state index >= 15 is 0 Å². The molecule has 2 aromatic rings. The summed E-state index contributed by atoms with van der Waals surface area (Å²) < 4.78 is 10.8. The van der Waals surface area contributed by atoms with Crippen molar-refractivity contribution in [1.29, 1.82) is 0 Å². The standard InChI is InChI=1S/C18H20O4/c19-18(20)17-11-10-16(22-17)12-21-15-8-6-14(7-9-15)13-4-2-1-3-5-13/h6-11,13H,1-5,12H2,(H,19,20). The highest BCUT2D eigenvalue weighted by atomic mass is 16.5. The summed E-state index contributed by atoms with van der Waals surface area (Å²) in [7, 11) is 0. The lowest BCUT2D eigenvalue weighted by Crippen LogP contribution is -2.04. The first-order valence-electron chi connectivity index (χ1n) is 7.77. The highest BCUT2D eigenvalue weighted by molar-refractivity contribution is 5.84. The molecule has 0 amide bonds. The number of carbonyl (C=O) groups is 1. The minimum Gasteiger partial charge on any atom is -0.486 e. The van der Waals surface area contributed by atoms with Crippen LogP contribution in [0.1, 0.15) is 59.9 Å². The van der Waals surface area contributed by atoms with E-state index < -0.39 is 5.97 Å². The van der Waals surface area contributed by atoms with Gasteiger partial charge in [-0.2, -0.15) is 0 Å². The van der Waals surface area contributed by atoms with E-state index in [1.54, 1.807) is 6.07 Å². The normalized spacial score (nSPS) is 15.6. The zero-order chi connectivity index (χ0) is 15.4. The Bertz CT molecular complexity index is 621. The number of furan rings is 1. The zero-order valence-electron chi connectivity index (χ0n) is 12.5. The summed E-state index contributed by atoms with van der Waals surface area (Å²) in [5, 5.41) is 8.80. The summed E-state index contributed by atoms with van der Waals surface area (Å²) in [5.41, 5.74) is 1.39. The van der Waals surface area contributed by atoms with Crippen molar-refractivity contribution in [2.45, 2.75) is 44.6 Å². The monoisotopic (exact) mass is 300 g/mol. The van der Waals surface area contributed by atoms with Crippen LogP contribution < -0.4 is 4.74 Å². The molecule has 0 spiro atoms. The van der Waals surface area contributed by atoms with Gasteiger partial charge in [0.1, 0.15) is 18.1 Å². The molecular formula is C18H20O4. The van der Waals surface area contributed by atoms with Crippen molar-refractivity contribution in [3.05, 3.63) is 53.5 Å². The Hall–Kier alpha value is -2.23. The van der Waals surface area contributed by atoms with Gasteiger partial charge in [0.2, 0.25) is 5.76 Å². The van der Waals surface area contributed by atoms with Gasteiger partial charge >= 0.3 is 5.97 Å². The maximum Gasteiger partial charge on any atom is 0.371 e. The van der Waals surface area contributed by atoms with Gasteiger partial charge in [-0.1, -0.05) is 31.4 Å². The Morgan fingerprint density at radius 3 is 2.45 bits per heavy atom. The fourth-order valence-corrected chi connectivity index (χ4v) is 3.00. The second-order valence-electron chi connectivity index (χ2n) is 5.76. The Labute approximate surface area is 129 Å². The van der Waals surface area contributed by atoms with Gasteiger partial charge < -0.3 is 14.3 Å². The number of hydrogen-bond acceptors (Lipinski definition) is 3. The highest BCUT2D eigenvalue weighted by Crippen LogP contribution is 2.33.